The number of guanidine groups is 1. The molecule has 18 N–H and O–H groups in total. The number of primary amides is 1. The second-order valence-corrected chi connectivity index (χ2v) is 16.0. The van der Waals surface area contributed by atoms with Gasteiger partial charge >= 0.3 is 5.97 Å². The molecule has 0 fully saturated rings. The fourth-order valence-electron chi connectivity index (χ4n) is 6.40. The van der Waals surface area contributed by atoms with Gasteiger partial charge in [0.1, 0.15) is 36.3 Å². The molecule has 1 aromatic rings. The van der Waals surface area contributed by atoms with Crippen molar-refractivity contribution in [3.05, 3.63) is 34.4 Å². The molecule has 0 saturated carbocycles. The average Bonchev–Trinajstić information content (AvgIpc) is 3.25. The number of nitro benzene ring substituents is 1. The number of nitro groups is 1. The number of benzene rings is 1. The molecule has 6 atom stereocenters. The summed E-state index contributed by atoms with van der Waals surface area (Å²) in [5.41, 5.74) is 27.6. The number of nitrogens with zero attached hydrogens (tertiary/aromatic N) is 2. The van der Waals surface area contributed by atoms with Crippen LogP contribution in [0.3, 0.4) is 0 Å². The molecule has 1 rings (SSSR count). The highest BCUT2D eigenvalue weighted by atomic mass is 16.6. The van der Waals surface area contributed by atoms with Crippen molar-refractivity contribution in [2.24, 2.45) is 39.6 Å². The van der Waals surface area contributed by atoms with E-state index >= 15 is 0 Å². The van der Waals surface area contributed by atoms with Gasteiger partial charge in [-0.1, -0.05) is 13.8 Å². The first-order chi connectivity index (χ1) is 31.6. The molecule has 0 aliphatic rings. The van der Waals surface area contributed by atoms with E-state index in [1.807, 2.05) is 0 Å². The highest BCUT2D eigenvalue weighted by Gasteiger charge is 2.34. The van der Waals surface area contributed by atoms with E-state index in [0.29, 0.717) is 25.7 Å². The quantitative estimate of drug-likeness (QED) is 0.0114. The Morgan fingerprint density at radius 1 is 0.612 bits per heavy atom. The molecule has 0 bridgehead atoms. The van der Waals surface area contributed by atoms with Gasteiger partial charge in [0.15, 0.2) is 5.96 Å². The predicted molar refractivity (Wildman–Crippen MR) is 245 cm³/mol. The van der Waals surface area contributed by atoms with Gasteiger partial charge in [-0.25, -0.2) is 0 Å². The van der Waals surface area contributed by atoms with Gasteiger partial charge in [-0.15, -0.1) is 0 Å². The lowest BCUT2D eigenvalue weighted by Gasteiger charge is -2.28. The Kier molecular flexibility index (Phi) is 26.9. The molecule has 1 aromatic carbocycles. The smallest absolute Gasteiger partial charge is 0.303 e. The van der Waals surface area contributed by atoms with Crippen LogP contribution in [0.4, 0.5) is 11.4 Å². The summed E-state index contributed by atoms with van der Waals surface area (Å²) in [7, 11) is 0. The molecule has 374 valence electrons. The van der Waals surface area contributed by atoms with E-state index in [4.69, 9.17) is 33.8 Å². The number of aliphatic carboxylic acids is 1. The van der Waals surface area contributed by atoms with Crippen molar-refractivity contribution in [1.82, 2.24) is 31.9 Å². The minimum atomic E-state index is -1.49. The summed E-state index contributed by atoms with van der Waals surface area (Å²) in [5.74, 6) is -8.39. The molecule has 0 heterocycles. The Morgan fingerprint density at radius 3 is 1.48 bits per heavy atom. The van der Waals surface area contributed by atoms with E-state index < -0.39 is 107 Å². The van der Waals surface area contributed by atoms with Crippen molar-refractivity contribution in [2.75, 3.05) is 25.0 Å². The second kappa shape index (κ2) is 31.0. The number of carboxylic acid groups (broad SMARTS) is 1. The largest absolute Gasteiger partial charge is 0.481 e. The summed E-state index contributed by atoms with van der Waals surface area (Å²) < 4.78 is 0. The van der Waals surface area contributed by atoms with Crippen molar-refractivity contribution in [2.45, 2.75) is 134 Å². The van der Waals surface area contributed by atoms with Crippen LogP contribution in [0.5, 0.6) is 0 Å². The number of amides is 8. The van der Waals surface area contributed by atoms with Crippen LogP contribution in [0.2, 0.25) is 0 Å². The first kappa shape index (κ1) is 58.1. The van der Waals surface area contributed by atoms with E-state index in [2.05, 4.69) is 42.2 Å². The van der Waals surface area contributed by atoms with Gasteiger partial charge in [-0.3, -0.25) is 58.3 Å². The van der Waals surface area contributed by atoms with Crippen LogP contribution < -0.4 is 65.9 Å². The van der Waals surface area contributed by atoms with Crippen LogP contribution in [0.25, 0.3) is 0 Å². The topological polar surface area (TPSA) is 444 Å². The molecule has 0 saturated heterocycles. The standard InChI is InChI=1S/C41H68N14O12/c1-23(2)34(54-39(64)30(48-24(3)56)17-19-33(58)59)40(65)53-28(10-5-7-21-43)37(62)50-27(9-4-6-20-42)36(61)52-31(16-18-32(44)57)38(63)51-29(11-8-22-47-41(45)46)35(60)49-25-12-14-26(15-13-25)55(66)67/h12-15,23,27-31,34H,4-11,16-22,42-43H2,1-3H3,(H2,44,57)(H,48,56)(H,49,60)(H,50,62)(H,51,63)(H,52,61)(H,53,65)(H,54,64)(H,58,59)(H4,45,46,47)/t27-,28-,29-,30-,31-,34-/m0/s1. The predicted octanol–water partition coefficient (Wildman–Crippen LogP) is -2.44. The van der Waals surface area contributed by atoms with Gasteiger partial charge in [-0.2, -0.15) is 0 Å². The first-order valence-electron chi connectivity index (χ1n) is 21.9. The molecule has 0 radical (unpaired) electrons. The summed E-state index contributed by atoms with van der Waals surface area (Å²) in [6.45, 7) is 4.92. The van der Waals surface area contributed by atoms with Gasteiger partial charge in [-0.05, 0) is 95.3 Å². The lowest BCUT2D eigenvalue weighted by molar-refractivity contribution is -0.384. The Hall–Kier alpha value is -6.96. The van der Waals surface area contributed by atoms with Crippen molar-refractivity contribution >= 4 is 70.6 Å². The molecule has 0 spiro atoms. The van der Waals surface area contributed by atoms with Crippen LogP contribution >= 0.6 is 0 Å². The van der Waals surface area contributed by atoms with E-state index in [1.165, 1.54) is 24.3 Å². The van der Waals surface area contributed by atoms with Crippen LogP contribution in [0.15, 0.2) is 29.3 Å². The average molecular weight is 949 g/mol. The van der Waals surface area contributed by atoms with Gasteiger partial charge in [0, 0.05) is 44.1 Å². The van der Waals surface area contributed by atoms with Gasteiger partial charge in [0.2, 0.25) is 47.3 Å². The molecular weight excluding hydrogens is 881 g/mol. The number of carbonyl (C=O) groups is 9. The van der Waals surface area contributed by atoms with E-state index in [0.717, 1.165) is 6.92 Å². The second-order valence-electron chi connectivity index (χ2n) is 16.0. The minimum absolute atomic E-state index is 0.000977. The summed E-state index contributed by atoms with van der Waals surface area (Å²) in [4.78, 5) is 132. The van der Waals surface area contributed by atoms with Crippen LogP contribution in [0.1, 0.15) is 97.8 Å². The summed E-state index contributed by atoms with van der Waals surface area (Å²) in [6, 6.07) is -3.05. The monoisotopic (exact) mass is 949 g/mol. The number of aliphatic imine (C=N–C) groups is 1. The summed E-state index contributed by atoms with van der Waals surface area (Å²) in [5, 5.41) is 38.2. The fourth-order valence-corrected chi connectivity index (χ4v) is 6.40. The van der Waals surface area contributed by atoms with Crippen molar-refractivity contribution in [3.8, 4) is 0 Å². The third kappa shape index (κ3) is 23.7. The molecule has 67 heavy (non-hydrogen) atoms. The summed E-state index contributed by atoms with van der Waals surface area (Å²) >= 11 is 0. The maximum absolute atomic E-state index is 14.1. The Bertz CT molecular complexity index is 1880. The molecule has 8 amide bonds. The maximum atomic E-state index is 14.1. The van der Waals surface area contributed by atoms with E-state index in [-0.39, 0.29) is 81.9 Å². The van der Waals surface area contributed by atoms with Gasteiger partial charge in [0.05, 0.1) is 4.92 Å². The Morgan fingerprint density at radius 2 is 1.04 bits per heavy atom. The molecule has 26 nitrogen and oxygen atoms in total. The number of nitrogens with two attached hydrogens (primary N) is 5. The summed E-state index contributed by atoms with van der Waals surface area (Å²) in [6.07, 6.45) is 0.275. The van der Waals surface area contributed by atoms with Crippen molar-refractivity contribution in [1.29, 1.82) is 0 Å². The lowest BCUT2D eigenvalue weighted by atomic mass is 10.00. The fraction of sp³-hybridized carbons (Fsp3) is 0.610. The molecule has 0 aromatic heterocycles. The molecular formula is C41H68N14O12. The number of hydrogen-bond donors (Lipinski definition) is 13. The first-order valence-corrected chi connectivity index (χ1v) is 21.9. The highest BCUT2D eigenvalue weighted by Crippen LogP contribution is 2.17. The third-order valence-electron chi connectivity index (χ3n) is 9.98. The van der Waals surface area contributed by atoms with Crippen LogP contribution in [0, 0.1) is 16.0 Å². The molecule has 26 heteroatoms. The third-order valence-corrected chi connectivity index (χ3v) is 9.98. The van der Waals surface area contributed by atoms with E-state index in [1.54, 1.807) is 13.8 Å². The zero-order valence-corrected chi connectivity index (χ0v) is 38.2. The van der Waals surface area contributed by atoms with Crippen molar-refractivity contribution in [3.63, 3.8) is 0 Å². The minimum Gasteiger partial charge on any atom is -0.481 e. The Balaban J connectivity index is 3.46. The maximum Gasteiger partial charge on any atom is 0.303 e. The zero-order valence-electron chi connectivity index (χ0n) is 38.2. The number of carboxylic acids is 1. The molecule has 0 unspecified atom stereocenters. The number of non-ortho nitro benzene ring substituents is 1. The van der Waals surface area contributed by atoms with Crippen LogP contribution in [-0.2, 0) is 43.2 Å². The normalized spacial score (nSPS) is 13.5. The zero-order chi connectivity index (χ0) is 50.6. The number of nitrogens with one attached hydrogen (secondary N) is 7. The lowest BCUT2D eigenvalue weighted by Crippen LogP contribution is -2.60. The molecule has 0 aliphatic heterocycles. The number of rotatable bonds is 33. The highest BCUT2D eigenvalue weighted by molar-refractivity contribution is 5.99. The number of carbonyl (C=O) groups excluding carboxylic acids is 8. The number of hydrogen-bond acceptors (Lipinski definition) is 14. The van der Waals surface area contributed by atoms with Gasteiger partial charge < -0.3 is 71.0 Å². The number of unbranched alkanes of at least 4 members (excludes halogenated alkanes) is 2. The van der Waals surface area contributed by atoms with E-state index in [9.17, 15) is 53.3 Å². The Labute approximate surface area is 388 Å². The van der Waals surface area contributed by atoms with Crippen molar-refractivity contribution < 1.29 is 53.2 Å². The van der Waals surface area contributed by atoms with Gasteiger partial charge in [0.25, 0.3) is 5.69 Å². The SMILES string of the molecule is CC(=O)N[C@@H](CCC(=O)O)C(=O)N[C@H](C(=O)N[C@@H](CCCCN)C(=O)N[C@@H](CCCCN)C(=O)N[C@@H](CCC(N)=O)C(=O)N[C@@H](CCCN=C(N)N)C(=O)Nc1ccc([N+](=O)[O-])cc1)C(C)C. The number of anilines is 1. The molecule has 0 aliphatic carbocycles. The van der Waals surface area contributed by atoms with Crippen LogP contribution in [-0.4, -0.2) is 125 Å².